The standard InChI is InChI=1S/C15H17NO2/c1-9-7-8-18-15(9)14(17)13-10(2)16-12-6-4-3-5-11(12)13/h3-6,9,15-16H,7-8H2,1-2H3. The van der Waals surface area contributed by atoms with E-state index in [0.29, 0.717) is 12.5 Å². The molecule has 1 N–H and O–H groups in total. The number of Topliss-reactive ketones (excluding diaryl/α,β-unsaturated/α-hetero) is 1. The molecule has 0 bridgehead atoms. The van der Waals surface area contributed by atoms with E-state index in [2.05, 4.69) is 11.9 Å². The number of aryl methyl sites for hydroxylation is 1. The van der Waals surface area contributed by atoms with Gasteiger partial charge in [-0.2, -0.15) is 0 Å². The van der Waals surface area contributed by atoms with Crippen LogP contribution in [-0.4, -0.2) is 23.5 Å². The lowest BCUT2D eigenvalue weighted by atomic mass is 9.94. The van der Waals surface area contributed by atoms with Crippen LogP contribution < -0.4 is 0 Å². The van der Waals surface area contributed by atoms with Crippen LogP contribution in [0.5, 0.6) is 0 Å². The van der Waals surface area contributed by atoms with E-state index in [0.717, 1.165) is 28.6 Å². The van der Waals surface area contributed by atoms with Crippen LogP contribution in [0.15, 0.2) is 24.3 Å². The fourth-order valence-electron chi connectivity index (χ4n) is 2.77. The summed E-state index contributed by atoms with van der Waals surface area (Å²) in [7, 11) is 0. The number of carbonyl (C=O) groups is 1. The van der Waals surface area contributed by atoms with Gasteiger partial charge in [-0.3, -0.25) is 4.79 Å². The molecule has 3 rings (SSSR count). The van der Waals surface area contributed by atoms with Gasteiger partial charge in [0.2, 0.25) is 0 Å². The normalized spacial score (nSPS) is 23.7. The molecule has 0 spiro atoms. The molecule has 2 aromatic rings. The first kappa shape index (κ1) is 11.5. The molecule has 18 heavy (non-hydrogen) atoms. The zero-order valence-corrected chi connectivity index (χ0v) is 10.7. The van der Waals surface area contributed by atoms with Gasteiger partial charge in [0, 0.05) is 28.8 Å². The van der Waals surface area contributed by atoms with Crippen molar-refractivity contribution in [1.29, 1.82) is 0 Å². The van der Waals surface area contributed by atoms with E-state index < -0.39 is 0 Å². The smallest absolute Gasteiger partial charge is 0.194 e. The summed E-state index contributed by atoms with van der Waals surface area (Å²) in [5.74, 6) is 0.431. The number of fused-ring (bicyclic) bond motifs is 1. The minimum Gasteiger partial charge on any atom is -0.370 e. The largest absolute Gasteiger partial charge is 0.370 e. The first-order valence-corrected chi connectivity index (χ1v) is 6.41. The third kappa shape index (κ3) is 1.66. The van der Waals surface area contributed by atoms with E-state index in [1.54, 1.807) is 0 Å². The van der Waals surface area contributed by atoms with Gasteiger partial charge in [-0.1, -0.05) is 25.1 Å². The van der Waals surface area contributed by atoms with E-state index >= 15 is 0 Å². The number of hydrogen-bond acceptors (Lipinski definition) is 2. The zero-order valence-electron chi connectivity index (χ0n) is 10.7. The van der Waals surface area contributed by atoms with Crippen LogP contribution in [-0.2, 0) is 4.74 Å². The molecule has 2 unspecified atom stereocenters. The maximum Gasteiger partial charge on any atom is 0.194 e. The van der Waals surface area contributed by atoms with Gasteiger partial charge in [0.15, 0.2) is 5.78 Å². The summed E-state index contributed by atoms with van der Waals surface area (Å²) in [6, 6.07) is 7.93. The van der Waals surface area contributed by atoms with Crippen LogP contribution in [0.4, 0.5) is 0 Å². The van der Waals surface area contributed by atoms with Gasteiger partial charge < -0.3 is 9.72 Å². The number of carbonyl (C=O) groups excluding carboxylic acids is 1. The van der Waals surface area contributed by atoms with E-state index in [1.165, 1.54) is 0 Å². The van der Waals surface area contributed by atoms with Crippen LogP contribution in [0.2, 0.25) is 0 Å². The lowest BCUT2D eigenvalue weighted by molar-refractivity contribution is 0.0580. The first-order valence-electron chi connectivity index (χ1n) is 6.41. The average Bonchev–Trinajstić information content (AvgIpc) is 2.91. The number of ether oxygens (including phenoxy) is 1. The maximum atomic E-state index is 12.6. The van der Waals surface area contributed by atoms with E-state index in [1.807, 2.05) is 31.2 Å². The van der Waals surface area contributed by atoms with Crippen molar-refractivity contribution in [2.24, 2.45) is 5.92 Å². The summed E-state index contributed by atoms with van der Waals surface area (Å²) >= 11 is 0. The molecule has 0 aliphatic carbocycles. The molecule has 2 atom stereocenters. The van der Waals surface area contributed by atoms with Gasteiger partial charge in [-0.25, -0.2) is 0 Å². The molecule has 1 aromatic heterocycles. The van der Waals surface area contributed by atoms with Crippen molar-refractivity contribution in [2.75, 3.05) is 6.61 Å². The fourth-order valence-corrected chi connectivity index (χ4v) is 2.77. The highest BCUT2D eigenvalue weighted by Crippen LogP contribution is 2.29. The molecule has 0 saturated carbocycles. The Kier molecular flexibility index (Phi) is 2.71. The van der Waals surface area contributed by atoms with Crippen molar-refractivity contribution < 1.29 is 9.53 Å². The Morgan fingerprint density at radius 1 is 1.39 bits per heavy atom. The topological polar surface area (TPSA) is 42.1 Å². The Hall–Kier alpha value is -1.61. The molecule has 3 nitrogen and oxygen atoms in total. The summed E-state index contributed by atoms with van der Waals surface area (Å²) in [5.41, 5.74) is 2.75. The average molecular weight is 243 g/mol. The number of rotatable bonds is 2. The molecule has 0 amide bonds. The highest BCUT2D eigenvalue weighted by Gasteiger charge is 2.33. The van der Waals surface area contributed by atoms with Crippen LogP contribution in [0, 0.1) is 12.8 Å². The fraction of sp³-hybridized carbons (Fsp3) is 0.400. The van der Waals surface area contributed by atoms with Gasteiger partial charge in [-0.05, 0) is 25.3 Å². The van der Waals surface area contributed by atoms with E-state index in [-0.39, 0.29) is 11.9 Å². The molecule has 1 aliphatic rings. The molecule has 1 aromatic carbocycles. The van der Waals surface area contributed by atoms with Crippen molar-refractivity contribution in [3.05, 3.63) is 35.5 Å². The van der Waals surface area contributed by atoms with Gasteiger partial charge in [0.05, 0.1) is 0 Å². The number of nitrogens with one attached hydrogen (secondary N) is 1. The Morgan fingerprint density at radius 3 is 2.89 bits per heavy atom. The molecule has 1 aliphatic heterocycles. The second-order valence-electron chi connectivity index (χ2n) is 5.09. The van der Waals surface area contributed by atoms with Crippen molar-refractivity contribution in [3.63, 3.8) is 0 Å². The van der Waals surface area contributed by atoms with Crippen LogP contribution >= 0.6 is 0 Å². The van der Waals surface area contributed by atoms with Crippen molar-refractivity contribution in [1.82, 2.24) is 4.98 Å². The minimum absolute atomic E-state index is 0.120. The lowest BCUT2D eigenvalue weighted by Gasteiger charge is -2.13. The number of para-hydroxylation sites is 1. The summed E-state index contributed by atoms with van der Waals surface area (Å²) in [5, 5.41) is 1.00. The second kappa shape index (κ2) is 4.25. The molecule has 0 radical (unpaired) electrons. The van der Waals surface area contributed by atoms with Crippen LogP contribution in [0.1, 0.15) is 29.4 Å². The second-order valence-corrected chi connectivity index (χ2v) is 5.09. The Balaban J connectivity index is 2.08. The predicted molar refractivity (Wildman–Crippen MR) is 70.9 cm³/mol. The Bertz CT molecular complexity index is 600. The number of aromatic nitrogens is 1. The molecule has 94 valence electrons. The van der Waals surface area contributed by atoms with Gasteiger partial charge in [0.1, 0.15) is 6.10 Å². The minimum atomic E-state index is -0.275. The number of ketones is 1. The highest BCUT2D eigenvalue weighted by molar-refractivity contribution is 6.11. The van der Waals surface area contributed by atoms with E-state index in [9.17, 15) is 4.79 Å². The van der Waals surface area contributed by atoms with Crippen LogP contribution in [0.25, 0.3) is 10.9 Å². The van der Waals surface area contributed by atoms with Gasteiger partial charge in [-0.15, -0.1) is 0 Å². The molecule has 1 saturated heterocycles. The van der Waals surface area contributed by atoms with Gasteiger partial charge >= 0.3 is 0 Å². The molecular weight excluding hydrogens is 226 g/mol. The summed E-state index contributed by atoms with van der Waals surface area (Å²) < 4.78 is 5.59. The van der Waals surface area contributed by atoms with Crippen molar-refractivity contribution >= 4 is 16.7 Å². The predicted octanol–water partition coefficient (Wildman–Crippen LogP) is 3.08. The number of aromatic amines is 1. The quantitative estimate of drug-likeness (QED) is 0.823. The summed E-state index contributed by atoms with van der Waals surface area (Å²) in [6.45, 7) is 4.73. The number of benzene rings is 1. The Labute approximate surface area is 106 Å². The zero-order chi connectivity index (χ0) is 12.7. The van der Waals surface area contributed by atoms with E-state index in [4.69, 9.17) is 4.74 Å². The summed E-state index contributed by atoms with van der Waals surface area (Å²) in [4.78, 5) is 15.9. The molecule has 2 heterocycles. The third-order valence-electron chi connectivity index (χ3n) is 3.79. The molecular formula is C15H17NO2. The SMILES string of the molecule is Cc1[nH]c2ccccc2c1C(=O)C1OCCC1C. The lowest BCUT2D eigenvalue weighted by Crippen LogP contribution is -2.25. The highest BCUT2D eigenvalue weighted by atomic mass is 16.5. The Morgan fingerprint density at radius 2 is 2.17 bits per heavy atom. The number of H-pyrrole nitrogens is 1. The third-order valence-corrected chi connectivity index (χ3v) is 3.79. The molecule has 1 fully saturated rings. The monoisotopic (exact) mass is 243 g/mol. The summed E-state index contributed by atoms with van der Waals surface area (Å²) in [6.07, 6.45) is 0.695. The van der Waals surface area contributed by atoms with Crippen molar-refractivity contribution in [2.45, 2.75) is 26.4 Å². The number of hydrogen-bond donors (Lipinski definition) is 1. The molecule has 3 heteroatoms. The first-order chi connectivity index (χ1) is 8.68. The maximum absolute atomic E-state index is 12.6. The van der Waals surface area contributed by atoms with Crippen LogP contribution in [0.3, 0.4) is 0 Å². The van der Waals surface area contributed by atoms with Crippen molar-refractivity contribution in [3.8, 4) is 0 Å². The van der Waals surface area contributed by atoms with Gasteiger partial charge in [0.25, 0.3) is 0 Å².